The van der Waals surface area contributed by atoms with E-state index in [-0.39, 0.29) is 5.82 Å². The third-order valence-corrected chi connectivity index (χ3v) is 2.68. The van der Waals surface area contributed by atoms with E-state index in [0.717, 1.165) is 16.5 Å². The van der Waals surface area contributed by atoms with E-state index in [4.69, 9.17) is 9.15 Å². The lowest BCUT2D eigenvalue weighted by Gasteiger charge is -1.95. The van der Waals surface area contributed by atoms with E-state index in [2.05, 4.69) is 15.2 Å². The van der Waals surface area contributed by atoms with Crippen LogP contribution in [0, 0.1) is 0 Å². The molecule has 0 aliphatic rings. The highest BCUT2D eigenvalue weighted by Crippen LogP contribution is 2.27. The number of ether oxygens (including phenoxy) is 1. The normalized spacial score (nSPS) is 10.8. The fourth-order valence-electron chi connectivity index (χ4n) is 1.82. The number of H-pyrrole nitrogens is 1. The first-order chi connectivity index (χ1) is 9.29. The number of para-hydroxylation sites is 1. The summed E-state index contributed by atoms with van der Waals surface area (Å²) < 4.78 is 10.3. The van der Waals surface area contributed by atoms with Gasteiger partial charge in [-0.05, 0) is 13.0 Å². The summed E-state index contributed by atoms with van der Waals surface area (Å²) in [4.78, 5) is 15.6. The Morgan fingerprint density at radius 1 is 1.42 bits per heavy atom. The smallest absolute Gasteiger partial charge is 0.375 e. The van der Waals surface area contributed by atoms with E-state index in [1.54, 1.807) is 13.2 Å². The number of furan rings is 1. The van der Waals surface area contributed by atoms with Gasteiger partial charge in [0.25, 0.3) is 0 Å². The van der Waals surface area contributed by atoms with Crippen molar-refractivity contribution < 1.29 is 13.9 Å². The molecule has 96 valence electrons. The largest absolute Gasteiger partial charge is 0.464 e. The van der Waals surface area contributed by atoms with E-state index in [0.29, 0.717) is 12.4 Å². The third-order valence-electron chi connectivity index (χ3n) is 2.68. The van der Waals surface area contributed by atoms with Crippen LogP contribution in [0.1, 0.15) is 17.5 Å². The van der Waals surface area contributed by atoms with Crippen molar-refractivity contribution in [2.24, 2.45) is 0 Å². The molecule has 0 atom stereocenters. The van der Waals surface area contributed by atoms with Crippen LogP contribution >= 0.6 is 0 Å². The molecule has 0 amide bonds. The van der Waals surface area contributed by atoms with Crippen LogP contribution in [0.25, 0.3) is 22.4 Å². The summed E-state index contributed by atoms with van der Waals surface area (Å²) in [5.41, 5.74) is 1.49. The van der Waals surface area contributed by atoms with Crippen molar-refractivity contribution in [2.75, 3.05) is 6.61 Å². The quantitative estimate of drug-likeness (QED) is 0.728. The van der Waals surface area contributed by atoms with Crippen molar-refractivity contribution in [2.45, 2.75) is 6.92 Å². The summed E-state index contributed by atoms with van der Waals surface area (Å²) in [6.45, 7) is 2.03. The van der Waals surface area contributed by atoms with Crippen LogP contribution in [0.15, 0.2) is 34.9 Å². The second-order valence-electron chi connectivity index (χ2n) is 3.87. The highest BCUT2D eigenvalue weighted by atomic mass is 16.5. The molecular weight excluding hydrogens is 246 g/mol. The van der Waals surface area contributed by atoms with Crippen molar-refractivity contribution in [1.29, 1.82) is 0 Å². The van der Waals surface area contributed by atoms with Gasteiger partial charge in [-0.1, -0.05) is 18.2 Å². The fourth-order valence-corrected chi connectivity index (χ4v) is 1.82. The molecule has 0 bridgehead atoms. The number of benzene rings is 1. The molecule has 0 spiro atoms. The zero-order valence-corrected chi connectivity index (χ0v) is 10.2. The highest BCUT2D eigenvalue weighted by Gasteiger charge is 2.16. The van der Waals surface area contributed by atoms with Crippen LogP contribution < -0.4 is 0 Å². The van der Waals surface area contributed by atoms with E-state index in [1.165, 1.54) is 0 Å². The van der Waals surface area contributed by atoms with Gasteiger partial charge in [-0.15, -0.1) is 0 Å². The SMILES string of the molecule is CCOC(=O)c1nc(-c2coc3ccccc23)n[nH]1. The summed E-state index contributed by atoms with van der Waals surface area (Å²) >= 11 is 0. The molecule has 3 aromatic rings. The van der Waals surface area contributed by atoms with Crippen LogP contribution in [0.3, 0.4) is 0 Å². The van der Waals surface area contributed by atoms with Gasteiger partial charge in [0, 0.05) is 5.39 Å². The molecule has 6 heteroatoms. The maximum Gasteiger partial charge on any atom is 0.375 e. The van der Waals surface area contributed by atoms with Gasteiger partial charge in [-0.3, -0.25) is 5.10 Å². The summed E-state index contributed by atoms with van der Waals surface area (Å²) in [5, 5.41) is 7.48. The van der Waals surface area contributed by atoms with Crippen LogP contribution in [-0.2, 0) is 4.74 Å². The lowest BCUT2D eigenvalue weighted by atomic mass is 10.2. The van der Waals surface area contributed by atoms with Crippen molar-refractivity contribution in [3.63, 3.8) is 0 Å². The number of esters is 1. The molecule has 1 N–H and O–H groups in total. The number of carbonyl (C=O) groups is 1. The standard InChI is InChI=1S/C13H11N3O3/c1-2-18-13(17)12-14-11(15-16-12)9-7-19-10-6-4-3-5-8(9)10/h3-7H,2H2,1H3,(H,14,15,16). The molecule has 6 nitrogen and oxygen atoms in total. The number of carbonyl (C=O) groups excluding carboxylic acids is 1. The van der Waals surface area contributed by atoms with E-state index >= 15 is 0 Å². The number of hydrogen-bond acceptors (Lipinski definition) is 5. The lowest BCUT2D eigenvalue weighted by Crippen LogP contribution is -2.06. The Morgan fingerprint density at radius 3 is 3.11 bits per heavy atom. The molecule has 0 radical (unpaired) electrons. The first-order valence-electron chi connectivity index (χ1n) is 5.85. The van der Waals surface area contributed by atoms with E-state index in [9.17, 15) is 4.79 Å². The Hall–Kier alpha value is -2.63. The van der Waals surface area contributed by atoms with Crippen molar-refractivity contribution in [1.82, 2.24) is 15.2 Å². The predicted octanol–water partition coefficient (Wildman–Crippen LogP) is 2.39. The van der Waals surface area contributed by atoms with Gasteiger partial charge in [0.15, 0.2) is 5.82 Å². The zero-order chi connectivity index (χ0) is 13.2. The molecule has 0 saturated carbocycles. The Kier molecular flexibility index (Phi) is 2.75. The number of rotatable bonds is 3. The number of fused-ring (bicyclic) bond motifs is 1. The van der Waals surface area contributed by atoms with E-state index < -0.39 is 5.97 Å². The molecule has 0 saturated heterocycles. The molecule has 0 unspecified atom stereocenters. The average Bonchev–Trinajstić information content (AvgIpc) is 3.05. The number of aromatic nitrogens is 3. The van der Waals surface area contributed by atoms with E-state index in [1.807, 2.05) is 24.3 Å². The zero-order valence-electron chi connectivity index (χ0n) is 10.2. The molecule has 2 heterocycles. The number of nitrogens with one attached hydrogen (secondary N) is 1. The Balaban J connectivity index is 2.01. The minimum absolute atomic E-state index is 0.0853. The van der Waals surface area contributed by atoms with Gasteiger partial charge < -0.3 is 9.15 Å². The highest BCUT2D eigenvalue weighted by molar-refractivity contribution is 5.92. The average molecular weight is 257 g/mol. The number of hydrogen-bond donors (Lipinski definition) is 1. The van der Waals surface area contributed by atoms with Gasteiger partial charge in [-0.25, -0.2) is 9.78 Å². The van der Waals surface area contributed by atoms with Crippen LogP contribution in [-0.4, -0.2) is 27.8 Å². The minimum atomic E-state index is -0.519. The third kappa shape index (κ3) is 1.97. The van der Waals surface area contributed by atoms with Gasteiger partial charge in [0.2, 0.25) is 5.82 Å². The lowest BCUT2D eigenvalue weighted by molar-refractivity contribution is 0.0512. The maximum absolute atomic E-state index is 11.5. The Morgan fingerprint density at radius 2 is 2.26 bits per heavy atom. The molecule has 0 aliphatic heterocycles. The maximum atomic E-state index is 11.5. The van der Waals surface area contributed by atoms with Crippen LogP contribution in [0.4, 0.5) is 0 Å². The first-order valence-corrected chi connectivity index (χ1v) is 5.85. The first kappa shape index (κ1) is 11.5. The van der Waals surface area contributed by atoms with Crippen LogP contribution in [0.5, 0.6) is 0 Å². The predicted molar refractivity (Wildman–Crippen MR) is 67.5 cm³/mol. The summed E-state index contributed by atoms with van der Waals surface area (Å²) in [6.07, 6.45) is 1.57. The van der Waals surface area contributed by atoms with Crippen LogP contribution in [0.2, 0.25) is 0 Å². The second kappa shape index (κ2) is 4.56. The summed E-state index contributed by atoms with van der Waals surface area (Å²) in [5.74, 6) is -0.0239. The molecule has 0 aliphatic carbocycles. The Labute approximate surface area is 108 Å². The monoisotopic (exact) mass is 257 g/mol. The van der Waals surface area contributed by atoms with Gasteiger partial charge in [-0.2, -0.15) is 5.10 Å². The van der Waals surface area contributed by atoms with Gasteiger partial charge >= 0.3 is 5.97 Å². The molecule has 0 fully saturated rings. The number of nitrogens with zero attached hydrogens (tertiary/aromatic N) is 2. The molecule has 1 aromatic carbocycles. The van der Waals surface area contributed by atoms with Gasteiger partial charge in [0.05, 0.1) is 12.2 Å². The molecule has 3 rings (SSSR count). The topological polar surface area (TPSA) is 81.0 Å². The van der Waals surface area contributed by atoms with Crippen molar-refractivity contribution >= 4 is 16.9 Å². The van der Waals surface area contributed by atoms with Crippen molar-refractivity contribution in [3.05, 3.63) is 36.4 Å². The van der Waals surface area contributed by atoms with Crippen molar-refractivity contribution in [3.8, 4) is 11.4 Å². The minimum Gasteiger partial charge on any atom is -0.464 e. The second-order valence-corrected chi connectivity index (χ2v) is 3.87. The summed E-state index contributed by atoms with van der Waals surface area (Å²) in [7, 11) is 0. The molecular formula is C13H11N3O3. The molecule has 2 aromatic heterocycles. The number of aromatic amines is 1. The summed E-state index contributed by atoms with van der Waals surface area (Å²) in [6, 6.07) is 7.56. The van der Waals surface area contributed by atoms with Gasteiger partial charge in [0.1, 0.15) is 11.8 Å². The Bertz CT molecular complexity index is 729. The molecule has 19 heavy (non-hydrogen) atoms. The fraction of sp³-hybridized carbons (Fsp3) is 0.154.